The molecule has 2 aromatic carbocycles. The van der Waals surface area contributed by atoms with E-state index < -0.39 is 0 Å². The third-order valence-electron chi connectivity index (χ3n) is 3.42. The zero-order valence-electron chi connectivity index (χ0n) is 13.2. The molecule has 0 spiro atoms. The molecule has 0 fully saturated rings. The number of hydrogen-bond donors (Lipinski definition) is 0. The molecule has 0 bridgehead atoms. The van der Waals surface area contributed by atoms with Gasteiger partial charge in [-0.2, -0.15) is 0 Å². The number of pyridine rings is 1. The Morgan fingerprint density at radius 1 is 0.826 bits per heavy atom. The molecule has 5 heteroatoms. The first-order chi connectivity index (χ1) is 10.7. The highest BCUT2D eigenvalue weighted by Gasteiger charge is 2.08. The van der Waals surface area contributed by atoms with Gasteiger partial charge in [0.2, 0.25) is 0 Å². The third kappa shape index (κ3) is 3.66. The molecule has 0 atom stereocenters. The third-order valence-corrected chi connectivity index (χ3v) is 3.42. The maximum atomic E-state index is 5.84. The van der Waals surface area contributed by atoms with Gasteiger partial charge in [-0.3, -0.25) is 4.98 Å². The van der Waals surface area contributed by atoms with Crippen molar-refractivity contribution in [1.29, 1.82) is 0 Å². The van der Waals surface area contributed by atoms with Gasteiger partial charge in [0.05, 0.1) is 25.9 Å². The Kier molecular flexibility index (Phi) is 5.29. The van der Waals surface area contributed by atoms with Gasteiger partial charge in [-0.05, 0) is 31.2 Å². The maximum Gasteiger partial charge on any atom is 0.162 e. The van der Waals surface area contributed by atoms with Crippen LogP contribution in [0.5, 0.6) is 23.0 Å². The summed E-state index contributed by atoms with van der Waals surface area (Å²) in [4.78, 5) is 4.42. The second kappa shape index (κ2) is 7.20. The van der Waals surface area contributed by atoms with Crippen LogP contribution in [-0.2, 0) is 0 Å². The molecule has 0 N–H and O–H groups in total. The molecule has 1 heterocycles. The fraction of sp³-hybridized carbons (Fsp3) is 0.167. The van der Waals surface area contributed by atoms with Gasteiger partial charge in [-0.1, -0.05) is 17.7 Å². The standard InChI is InChI=1S/C18H17NO3.ClH/c1-12-4-6-14(7-5-12)22-15-8-13-9-17(20-2)18(21-3)10-16(13)19-11-15;/h4-11H,1-3H3;1H. The molecule has 0 amide bonds. The highest BCUT2D eigenvalue weighted by atomic mass is 35.5. The number of aryl methyl sites for hydroxylation is 1. The summed E-state index contributed by atoms with van der Waals surface area (Å²) in [6.07, 6.45) is 1.70. The minimum atomic E-state index is 0. The molecular formula is C18H18ClNO3. The number of benzene rings is 2. The van der Waals surface area contributed by atoms with Crippen molar-refractivity contribution >= 4 is 23.3 Å². The van der Waals surface area contributed by atoms with Gasteiger partial charge in [0.25, 0.3) is 0 Å². The average molecular weight is 332 g/mol. The molecule has 4 nitrogen and oxygen atoms in total. The van der Waals surface area contributed by atoms with Crippen molar-refractivity contribution < 1.29 is 14.2 Å². The molecule has 0 radical (unpaired) electrons. The Bertz CT molecular complexity index is 803. The Balaban J connectivity index is 0.00000192. The van der Waals surface area contributed by atoms with E-state index in [-0.39, 0.29) is 12.4 Å². The average Bonchev–Trinajstić information content (AvgIpc) is 2.55. The first-order valence-electron chi connectivity index (χ1n) is 6.96. The number of fused-ring (bicyclic) bond motifs is 1. The smallest absolute Gasteiger partial charge is 0.162 e. The molecule has 0 saturated carbocycles. The van der Waals surface area contributed by atoms with E-state index in [1.807, 2.05) is 49.4 Å². The van der Waals surface area contributed by atoms with Gasteiger partial charge in [-0.25, -0.2) is 0 Å². The fourth-order valence-corrected chi connectivity index (χ4v) is 2.23. The summed E-state index contributed by atoms with van der Waals surface area (Å²) in [5.74, 6) is 2.80. The lowest BCUT2D eigenvalue weighted by molar-refractivity contribution is 0.355. The second-order valence-electron chi connectivity index (χ2n) is 4.99. The molecule has 0 aliphatic heterocycles. The Hall–Kier alpha value is -2.46. The van der Waals surface area contributed by atoms with E-state index >= 15 is 0 Å². The summed E-state index contributed by atoms with van der Waals surface area (Å²) in [5, 5.41) is 0.933. The van der Waals surface area contributed by atoms with Crippen molar-refractivity contribution in [1.82, 2.24) is 4.98 Å². The van der Waals surface area contributed by atoms with E-state index in [0.29, 0.717) is 17.2 Å². The van der Waals surface area contributed by atoms with Crippen molar-refractivity contribution in [3.05, 3.63) is 54.2 Å². The predicted molar refractivity (Wildman–Crippen MR) is 93.3 cm³/mol. The van der Waals surface area contributed by atoms with Crippen molar-refractivity contribution in [2.45, 2.75) is 6.92 Å². The SMILES string of the molecule is COc1cc2cc(Oc3ccc(C)cc3)cnc2cc1OC.Cl. The van der Waals surface area contributed by atoms with Crippen LogP contribution in [-0.4, -0.2) is 19.2 Å². The lowest BCUT2D eigenvalue weighted by atomic mass is 10.2. The summed E-state index contributed by atoms with van der Waals surface area (Å²) in [7, 11) is 3.22. The molecule has 0 unspecified atom stereocenters. The molecular weight excluding hydrogens is 314 g/mol. The van der Waals surface area contributed by atoms with Gasteiger partial charge >= 0.3 is 0 Å². The minimum absolute atomic E-state index is 0. The Morgan fingerprint density at radius 3 is 2.13 bits per heavy atom. The zero-order chi connectivity index (χ0) is 15.5. The van der Waals surface area contributed by atoms with Gasteiger partial charge < -0.3 is 14.2 Å². The van der Waals surface area contributed by atoms with Crippen LogP contribution in [0.15, 0.2) is 48.7 Å². The first-order valence-corrected chi connectivity index (χ1v) is 6.96. The van der Waals surface area contributed by atoms with Gasteiger partial charge in [-0.15, -0.1) is 12.4 Å². The van der Waals surface area contributed by atoms with Crippen LogP contribution in [0, 0.1) is 6.92 Å². The lowest BCUT2D eigenvalue weighted by Gasteiger charge is -2.10. The van der Waals surface area contributed by atoms with Crippen LogP contribution in [0.4, 0.5) is 0 Å². The predicted octanol–water partition coefficient (Wildman–Crippen LogP) is 4.77. The molecule has 3 aromatic rings. The molecule has 0 aliphatic rings. The number of ether oxygens (including phenoxy) is 3. The maximum absolute atomic E-state index is 5.84. The van der Waals surface area contributed by atoms with Crippen LogP contribution in [0.1, 0.15) is 5.56 Å². The van der Waals surface area contributed by atoms with Crippen LogP contribution in [0.2, 0.25) is 0 Å². The normalized spacial score (nSPS) is 10.0. The van der Waals surface area contributed by atoms with E-state index in [1.54, 1.807) is 20.4 Å². The van der Waals surface area contributed by atoms with Crippen LogP contribution >= 0.6 is 12.4 Å². The summed E-state index contributed by atoms with van der Waals surface area (Å²) in [6, 6.07) is 13.6. The highest BCUT2D eigenvalue weighted by molar-refractivity contribution is 5.85. The monoisotopic (exact) mass is 331 g/mol. The number of rotatable bonds is 4. The second-order valence-corrected chi connectivity index (χ2v) is 4.99. The van der Waals surface area contributed by atoms with Crippen LogP contribution in [0.3, 0.4) is 0 Å². The first kappa shape index (κ1) is 16.9. The van der Waals surface area contributed by atoms with Gasteiger partial charge in [0.15, 0.2) is 11.5 Å². The Labute approximate surface area is 141 Å². The molecule has 0 aliphatic carbocycles. The Morgan fingerprint density at radius 2 is 1.48 bits per heavy atom. The van der Waals surface area contributed by atoms with E-state index in [9.17, 15) is 0 Å². The zero-order valence-corrected chi connectivity index (χ0v) is 14.0. The minimum Gasteiger partial charge on any atom is -0.493 e. The van der Waals surface area contributed by atoms with Crippen molar-refractivity contribution in [3.63, 3.8) is 0 Å². The number of aromatic nitrogens is 1. The summed E-state index contributed by atoms with van der Waals surface area (Å²) < 4.78 is 16.4. The molecule has 23 heavy (non-hydrogen) atoms. The quantitative estimate of drug-likeness (QED) is 0.690. The lowest BCUT2D eigenvalue weighted by Crippen LogP contribution is -1.92. The van der Waals surface area contributed by atoms with E-state index in [2.05, 4.69) is 4.98 Å². The topological polar surface area (TPSA) is 40.6 Å². The molecule has 120 valence electrons. The van der Waals surface area contributed by atoms with E-state index in [1.165, 1.54) is 5.56 Å². The summed E-state index contributed by atoms with van der Waals surface area (Å²) in [5.41, 5.74) is 2.02. The number of hydrogen-bond acceptors (Lipinski definition) is 4. The molecule has 0 saturated heterocycles. The van der Waals surface area contributed by atoms with Crippen molar-refractivity contribution in [2.75, 3.05) is 14.2 Å². The molecule has 1 aromatic heterocycles. The van der Waals surface area contributed by atoms with Crippen molar-refractivity contribution in [2.24, 2.45) is 0 Å². The largest absolute Gasteiger partial charge is 0.493 e. The van der Waals surface area contributed by atoms with E-state index in [0.717, 1.165) is 16.7 Å². The fourth-order valence-electron chi connectivity index (χ4n) is 2.23. The van der Waals surface area contributed by atoms with E-state index in [4.69, 9.17) is 14.2 Å². The molecule has 3 rings (SSSR count). The number of halogens is 1. The van der Waals surface area contributed by atoms with Crippen LogP contribution in [0.25, 0.3) is 10.9 Å². The summed E-state index contributed by atoms with van der Waals surface area (Å²) >= 11 is 0. The summed E-state index contributed by atoms with van der Waals surface area (Å²) in [6.45, 7) is 2.04. The van der Waals surface area contributed by atoms with Crippen molar-refractivity contribution in [3.8, 4) is 23.0 Å². The van der Waals surface area contributed by atoms with Gasteiger partial charge in [0, 0.05) is 11.5 Å². The number of methoxy groups -OCH3 is 2. The van der Waals surface area contributed by atoms with Gasteiger partial charge in [0.1, 0.15) is 11.5 Å². The number of nitrogens with zero attached hydrogens (tertiary/aromatic N) is 1. The highest BCUT2D eigenvalue weighted by Crippen LogP contribution is 2.33. The van der Waals surface area contributed by atoms with Crippen LogP contribution < -0.4 is 14.2 Å².